The first-order valence-electron chi connectivity index (χ1n) is 8.53. The van der Waals surface area contributed by atoms with E-state index in [2.05, 4.69) is 30.9 Å². The van der Waals surface area contributed by atoms with Crippen LogP contribution in [0.4, 0.5) is 0 Å². The Hall–Kier alpha value is -2.70. The molecule has 0 radical (unpaired) electrons. The summed E-state index contributed by atoms with van der Waals surface area (Å²) in [7, 11) is 0. The molecule has 2 aromatic carbocycles. The highest BCUT2D eigenvalue weighted by molar-refractivity contribution is 9.10. The lowest BCUT2D eigenvalue weighted by Gasteiger charge is -2.07. The van der Waals surface area contributed by atoms with Crippen LogP contribution >= 0.6 is 27.5 Å². The van der Waals surface area contributed by atoms with Gasteiger partial charge in [-0.25, -0.2) is 4.98 Å². The van der Waals surface area contributed by atoms with Gasteiger partial charge in [0.25, 0.3) is 0 Å². The molecule has 1 N–H and O–H groups in total. The fourth-order valence-corrected chi connectivity index (χ4v) is 3.52. The number of ether oxygens (including phenoxy) is 1. The lowest BCUT2D eigenvalue weighted by Crippen LogP contribution is -1.99. The molecule has 2 heterocycles. The van der Waals surface area contributed by atoms with Crippen LogP contribution in [0.15, 0.2) is 59.2 Å². The Kier molecular flexibility index (Phi) is 5.15. The van der Waals surface area contributed by atoms with Crippen LogP contribution in [0.25, 0.3) is 33.7 Å². The minimum Gasteiger partial charge on any atom is -0.461 e. The van der Waals surface area contributed by atoms with Crippen LogP contribution in [0.3, 0.4) is 0 Å². The van der Waals surface area contributed by atoms with Gasteiger partial charge in [-0.15, -0.1) is 0 Å². The van der Waals surface area contributed by atoms with E-state index in [1.165, 1.54) is 6.92 Å². The van der Waals surface area contributed by atoms with Gasteiger partial charge in [0, 0.05) is 34.3 Å². The zero-order chi connectivity index (χ0) is 19.7. The van der Waals surface area contributed by atoms with E-state index in [1.807, 2.05) is 42.5 Å². The Labute approximate surface area is 174 Å². The largest absolute Gasteiger partial charge is 0.461 e. The van der Waals surface area contributed by atoms with Crippen molar-refractivity contribution < 1.29 is 9.53 Å². The minimum absolute atomic E-state index is 0.156. The molecule has 0 atom stereocenters. The van der Waals surface area contributed by atoms with Gasteiger partial charge in [-0.1, -0.05) is 51.8 Å². The summed E-state index contributed by atoms with van der Waals surface area (Å²) < 4.78 is 5.98. The number of rotatable bonds is 4. The Morgan fingerprint density at radius 1 is 1.14 bits per heavy atom. The molecule has 4 aromatic rings. The highest BCUT2D eigenvalue weighted by Crippen LogP contribution is 2.29. The molecule has 0 aliphatic heterocycles. The van der Waals surface area contributed by atoms with Crippen molar-refractivity contribution in [2.24, 2.45) is 0 Å². The van der Waals surface area contributed by atoms with E-state index in [4.69, 9.17) is 16.3 Å². The summed E-state index contributed by atoms with van der Waals surface area (Å²) in [5.74, 6) is 0.462. The van der Waals surface area contributed by atoms with Gasteiger partial charge in [0.1, 0.15) is 12.4 Å². The smallest absolute Gasteiger partial charge is 0.302 e. The average Bonchev–Trinajstić information content (AvgIpc) is 3.10. The number of hydrogen-bond acceptors (Lipinski definition) is 4. The third-order valence-corrected chi connectivity index (χ3v) is 5.00. The maximum absolute atomic E-state index is 10.9. The summed E-state index contributed by atoms with van der Waals surface area (Å²) in [6.45, 7) is 1.52. The highest BCUT2D eigenvalue weighted by atomic mass is 79.9. The van der Waals surface area contributed by atoms with Crippen molar-refractivity contribution in [2.75, 3.05) is 0 Å². The molecule has 0 amide bonds. The van der Waals surface area contributed by atoms with Crippen LogP contribution < -0.4 is 0 Å². The van der Waals surface area contributed by atoms with E-state index in [0.29, 0.717) is 10.7 Å². The molecule has 0 aliphatic rings. The number of carbonyl (C=O) groups is 1. The molecule has 0 saturated carbocycles. The Morgan fingerprint density at radius 3 is 2.61 bits per heavy atom. The van der Waals surface area contributed by atoms with Gasteiger partial charge in [-0.05, 0) is 24.3 Å². The van der Waals surface area contributed by atoms with Gasteiger partial charge in [-0.3, -0.25) is 9.78 Å². The lowest BCUT2D eigenvalue weighted by molar-refractivity contribution is -0.142. The number of imidazole rings is 1. The maximum Gasteiger partial charge on any atom is 0.302 e. The molecule has 7 heteroatoms. The van der Waals surface area contributed by atoms with Gasteiger partial charge < -0.3 is 9.72 Å². The molecule has 4 rings (SSSR count). The first-order valence-corrected chi connectivity index (χ1v) is 9.70. The van der Waals surface area contributed by atoms with E-state index >= 15 is 0 Å². The molecule has 0 spiro atoms. The van der Waals surface area contributed by atoms with Crippen molar-refractivity contribution in [3.63, 3.8) is 0 Å². The number of aromatic amines is 1. The van der Waals surface area contributed by atoms with Crippen LogP contribution in [0, 0.1) is 0 Å². The van der Waals surface area contributed by atoms with E-state index in [9.17, 15) is 4.79 Å². The fraction of sp³-hybridized carbons (Fsp3) is 0.0952. The normalized spacial score (nSPS) is 11.0. The summed E-state index contributed by atoms with van der Waals surface area (Å²) >= 11 is 9.85. The second-order valence-corrected chi connectivity index (χ2v) is 7.60. The van der Waals surface area contributed by atoms with Gasteiger partial charge >= 0.3 is 5.97 Å². The molecule has 0 aliphatic carbocycles. The van der Waals surface area contributed by atoms with Crippen LogP contribution in [-0.2, 0) is 16.1 Å². The van der Waals surface area contributed by atoms with Crippen molar-refractivity contribution in [2.45, 2.75) is 13.5 Å². The van der Waals surface area contributed by atoms with Crippen LogP contribution in [0.1, 0.15) is 12.5 Å². The molecule has 0 saturated heterocycles. The van der Waals surface area contributed by atoms with E-state index < -0.39 is 0 Å². The third kappa shape index (κ3) is 3.93. The number of fused-ring (bicyclic) bond motifs is 1. The predicted octanol–water partition coefficient (Wildman–Crippen LogP) is 5.77. The number of halogens is 2. The van der Waals surface area contributed by atoms with Crippen molar-refractivity contribution in [1.82, 2.24) is 15.0 Å². The number of carbonyl (C=O) groups excluding carboxylic acids is 1. The molecule has 0 bridgehead atoms. The zero-order valence-electron chi connectivity index (χ0n) is 14.9. The number of aromatic nitrogens is 3. The first-order chi connectivity index (χ1) is 13.5. The highest BCUT2D eigenvalue weighted by Gasteiger charge is 2.10. The Balaban J connectivity index is 1.59. The second-order valence-electron chi connectivity index (χ2n) is 6.28. The molecule has 0 fully saturated rings. The monoisotopic (exact) mass is 455 g/mol. The summed E-state index contributed by atoms with van der Waals surface area (Å²) in [6, 6.07) is 15.6. The van der Waals surface area contributed by atoms with Crippen molar-refractivity contribution >= 4 is 44.5 Å². The molecular formula is C21H15BrClN3O2. The SMILES string of the molecule is CC(=O)OCc1cnc(-c2ccc(-c3nc4ccc(Br)cc4[nH]3)cc2)c(Cl)c1. The first kappa shape index (κ1) is 18.7. The average molecular weight is 457 g/mol. The van der Waals surface area contributed by atoms with E-state index in [1.54, 1.807) is 12.3 Å². The standard InChI is InChI=1S/C21H15BrClN3O2/c1-12(27)28-11-13-8-17(23)20(24-10-13)14-2-4-15(5-3-14)21-25-18-7-6-16(22)9-19(18)26-21/h2-10H,11H2,1H3,(H,25,26). The molecule has 28 heavy (non-hydrogen) atoms. The number of benzene rings is 2. The quantitative estimate of drug-likeness (QED) is 0.396. The van der Waals surface area contributed by atoms with Crippen molar-refractivity contribution in [3.8, 4) is 22.6 Å². The number of nitrogens with one attached hydrogen (secondary N) is 1. The van der Waals surface area contributed by atoms with Crippen LogP contribution in [-0.4, -0.2) is 20.9 Å². The Bertz CT molecular complexity index is 1170. The number of H-pyrrole nitrogens is 1. The lowest BCUT2D eigenvalue weighted by atomic mass is 10.1. The molecular weight excluding hydrogens is 442 g/mol. The molecule has 2 aromatic heterocycles. The predicted molar refractivity (Wildman–Crippen MR) is 113 cm³/mol. The number of esters is 1. The third-order valence-electron chi connectivity index (χ3n) is 4.22. The van der Waals surface area contributed by atoms with Crippen molar-refractivity contribution in [3.05, 3.63) is 69.8 Å². The molecule has 5 nitrogen and oxygen atoms in total. The second kappa shape index (κ2) is 7.73. The van der Waals surface area contributed by atoms with Gasteiger partial charge in [0.15, 0.2) is 0 Å². The fourth-order valence-electron chi connectivity index (χ4n) is 2.86. The van der Waals surface area contributed by atoms with Crippen LogP contribution in [0.2, 0.25) is 5.02 Å². The summed E-state index contributed by atoms with van der Waals surface area (Å²) in [5, 5.41) is 0.506. The van der Waals surface area contributed by atoms with Crippen LogP contribution in [0.5, 0.6) is 0 Å². The van der Waals surface area contributed by atoms with Gasteiger partial charge in [0.05, 0.1) is 21.7 Å². The summed E-state index contributed by atoms with van der Waals surface area (Å²) in [6.07, 6.45) is 1.66. The number of nitrogens with zero attached hydrogens (tertiary/aromatic N) is 2. The molecule has 0 unspecified atom stereocenters. The summed E-state index contributed by atoms with van der Waals surface area (Å²) in [4.78, 5) is 23.3. The number of hydrogen-bond donors (Lipinski definition) is 1. The minimum atomic E-state index is -0.339. The Morgan fingerprint density at radius 2 is 1.89 bits per heavy atom. The number of pyridine rings is 1. The van der Waals surface area contributed by atoms with Crippen molar-refractivity contribution in [1.29, 1.82) is 0 Å². The maximum atomic E-state index is 10.9. The van der Waals surface area contributed by atoms with E-state index in [-0.39, 0.29) is 12.6 Å². The summed E-state index contributed by atoms with van der Waals surface area (Å²) in [5.41, 5.74) is 5.17. The zero-order valence-corrected chi connectivity index (χ0v) is 17.2. The van der Waals surface area contributed by atoms with Gasteiger partial charge in [0.2, 0.25) is 0 Å². The molecule has 140 valence electrons. The van der Waals surface area contributed by atoms with E-state index in [0.717, 1.165) is 38.0 Å². The van der Waals surface area contributed by atoms with Gasteiger partial charge in [-0.2, -0.15) is 0 Å². The topological polar surface area (TPSA) is 67.9 Å².